The van der Waals surface area contributed by atoms with Gasteiger partial charge in [-0.25, -0.2) is 4.39 Å². The SMILES string of the molecule is Cc1csc(N)c1C(=O)c1ccc(F)cc1. The second-order valence-corrected chi connectivity index (χ2v) is 4.41. The van der Waals surface area contributed by atoms with Crippen LogP contribution in [0.3, 0.4) is 0 Å². The molecule has 1 heterocycles. The van der Waals surface area contributed by atoms with E-state index in [0.717, 1.165) is 5.56 Å². The van der Waals surface area contributed by atoms with Gasteiger partial charge in [0.2, 0.25) is 0 Å². The molecule has 4 heteroatoms. The van der Waals surface area contributed by atoms with E-state index in [2.05, 4.69) is 0 Å². The molecule has 0 bridgehead atoms. The van der Waals surface area contributed by atoms with Crippen molar-refractivity contribution in [1.82, 2.24) is 0 Å². The van der Waals surface area contributed by atoms with E-state index in [1.807, 2.05) is 12.3 Å². The lowest BCUT2D eigenvalue weighted by molar-refractivity contribution is 0.103. The maximum atomic E-state index is 12.7. The number of nitrogen functional groups attached to an aromatic ring is 1. The number of anilines is 1. The van der Waals surface area contributed by atoms with Crippen LogP contribution in [0, 0.1) is 12.7 Å². The number of carbonyl (C=O) groups is 1. The summed E-state index contributed by atoms with van der Waals surface area (Å²) in [7, 11) is 0. The number of carbonyl (C=O) groups excluding carboxylic acids is 1. The van der Waals surface area contributed by atoms with E-state index in [4.69, 9.17) is 5.73 Å². The maximum Gasteiger partial charge on any atom is 0.196 e. The molecular weight excluding hydrogens is 225 g/mol. The van der Waals surface area contributed by atoms with Crippen LogP contribution >= 0.6 is 11.3 Å². The average Bonchev–Trinajstić information content (AvgIpc) is 2.59. The van der Waals surface area contributed by atoms with Gasteiger partial charge in [-0.1, -0.05) is 0 Å². The Morgan fingerprint density at radius 2 is 1.94 bits per heavy atom. The molecule has 0 aliphatic rings. The predicted octanol–water partition coefficient (Wildman–Crippen LogP) is 3.01. The lowest BCUT2D eigenvalue weighted by Crippen LogP contribution is -2.04. The van der Waals surface area contributed by atoms with Crippen LogP contribution in [0.1, 0.15) is 21.5 Å². The van der Waals surface area contributed by atoms with Crippen molar-refractivity contribution in [3.63, 3.8) is 0 Å². The summed E-state index contributed by atoms with van der Waals surface area (Å²) in [5.74, 6) is -0.511. The van der Waals surface area contributed by atoms with Gasteiger partial charge >= 0.3 is 0 Å². The van der Waals surface area contributed by atoms with Gasteiger partial charge in [-0.3, -0.25) is 4.79 Å². The highest BCUT2D eigenvalue weighted by atomic mass is 32.1. The highest BCUT2D eigenvalue weighted by Crippen LogP contribution is 2.26. The second kappa shape index (κ2) is 4.06. The molecule has 0 saturated heterocycles. The van der Waals surface area contributed by atoms with Gasteiger partial charge in [0.1, 0.15) is 5.82 Å². The van der Waals surface area contributed by atoms with Gasteiger partial charge in [-0.05, 0) is 42.1 Å². The normalized spacial score (nSPS) is 10.4. The third kappa shape index (κ3) is 1.84. The van der Waals surface area contributed by atoms with Crippen LogP contribution in [0.2, 0.25) is 0 Å². The molecule has 2 aromatic rings. The number of hydrogen-bond acceptors (Lipinski definition) is 3. The van der Waals surface area contributed by atoms with Crippen LogP contribution in [0.25, 0.3) is 0 Å². The topological polar surface area (TPSA) is 43.1 Å². The highest BCUT2D eigenvalue weighted by Gasteiger charge is 2.16. The van der Waals surface area contributed by atoms with Crippen LogP contribution in [-0.2, 0) is 0 Å². The molecule has 0 fully saturated rings. The van der Waals surface area contributed by atoms with E-state index in [1.165, 1.54) is 35.6 Å². The number of rotatable bonds is 2. The first-order valence-corrected chi connectivity index (χ1v) is 5.61. The van der Waals surface area contributed by atoms with Gasteiger partial charge in [0.15, 0.2) is 5.78 Å². The van der Waals surface area contributed by atoms with Crippen LogP contribution in [0.15, 0.2) is 29.6 Å². The highest BCUT2D eigenvalue weighted by molar-refractivity contribution is 7.14. The Kier molecular flexibility index (Phi) is 2.75. The van der Waals surface area contributed by atoms with Crippen molar-refractivity contribution in [3.8, 4) is 0 Å². The molecule has 0 radical (unpaired) electrons. The van der Waals surface area contributed by atoms with Gasteiger partial charge in [-0.15, -0.1) is 11.3 Å². The Labute approximate surface area is 96.5 Å². The van der Waals surface area contributed by atoms with E-state index in [0.29, 0.717) is 16.1 Å². The summed E-state index contributed by atoms with van der Waals surface area (Å²) in [6, 6.07) is 5.47. The molecule has 0 atom stereocenters. The molecule has 0 unspecified atom stereocenters. The monoisotopic (exact) mass is 235 g/mol. The van der Waals surface area contributed by atoms with Crippen LogP contribution in [0.5, 0.6) is 0 Å². The van der Waals surface area contributed by atoms with E-state index < -0.39 is 0 Å². The van der Waals surface area contributed by atoms with Crippen molar-refractivity contribution in [2.24, 2.45) is 0 Å². The lowest BCUT2D eigenvalue weighted by Gasteiger charge is -2.01. The van der Waals surface area contributed by atoms with Crippen molar-refractivity contribution < 1.29 is 9.18 Å². The summed E-state index contributed by atoms with van der Waals surface area (Å²) in [6.45, 7) is 1.84. The molecule has 2 N–H and O–H groups in total. The fourth-order valence-corrected chi connectivity index (χ4v) is 2.29. The summed E-state index contributed by atoms with van der Waals surface area (Å²) >= 11 is 1.34. The minimum Gasteiger partial charge on any atom is -0.390 e. The van der Waals surface area contributed by atoms with E-state index in [1.54, 1.807) is 0 Å². The summed E-state index contributed by atoms with van der Waals surface area (Å²) in [4.78, 5) is 12.1. The van der Waals surface area contributed by atoms with Gasteiger partial charge in [0.25, 0.3) is 0 Å². The largest absolute Gasteiger partial charge is 0.390 e. The third-order valence-corrected chi connectivity index (χ3v) is 3.27. The van der Waals surface area contributed by atoms with E-state index >= 15 is 0 Å². The summed E-state index contributed by atoms with van der Waals surface area (Å²) in [5, 5.41) is 2.35. The van der Waals surface area contributed by atoms with Crippen LogP contribution in [-0.4, -0.2) is 5.78 Å². The van der Waals surface area contributed by atoms with Gasteiger partial charge in [0, 0.05) is 5.56 Å². The van der Waals surface area contributed by atoms with Crippen molar-refractivity contribution >= 4 is 22.1 Å². The summed E-state index contributed by atoms with van der Waals surface area (Å²) in [6.07, 6.45) is 0. The Bertz CT molecular complexity index is 511. The number of thiophene rings is 1. The number of aryl methyl sites for hydroxylation is 1. The molecule has 2 nitrogen and oxygen atoms in total. The van der Waals surface area contributed by atoms with Crippen molar-refractivity contribution in [1.29, 1.82) is 0 Å². The molecule has 0 aliphatic heterocycles. The molecule has 2 rings (SSSR count). The quantitative estimate of drug-likeness (QED) is 0.813. The summed E-state index contributed by atoms with van der Waals surface area (Å²) in [5.41, 5.74) is 7.57. The Morgan fingerprint density at radius 1 is 1.31 bits per heavy atom. The fourth-order valence-electron chi connectivity index (χ4n) is 1.50. The first-order chi connectivity index (χ1) is 7.59. The van der Waals surface area contributed by atoms with Crippen molar-refractivity contribution in [2.75, 3.05) is 5.73 Å². The molecule has 0 spiro atoms. The molecule has 0 saturated carbocycles. The third-order valence-electron chi connectivity index (χ3n) is 2.34. The number of ketones is 1. The molecule has 0 amide bonds. The zero-order chi connectivity index (χ0) is 11.7. The first-order valence-electron chi connectivity index (χ1n) is 4.73. The average molecular weight is 235 g/mol. The predicted molar refractivity (Wildman–Crippen MR) is 63.3 cm³/mol. The van der Waals surface area contributed by atoms with Crippen LogP contribution < -0.4 is 5.73 Å². The number of halogens is 1. The standard InChI is InChI=1S/C12H10FNOS/c1-7-6-16-12(14)10(7)11(15)8-2-4-9(13)5-3-8/h2-6H,14H2,1H3. The van der Waals surface area contributed by atoms with Gasteiger partial charge < -0.3 is 5.73 Å². The van der Waals surface area contributed by atoms with E-state index in [9.17, 15) is 9.18 Å². The Morgan fingerprint density at radius 3 is 2.44 bits per heavy atom. The van der Waals surface area contributed by atoms with Gasteiger partial charge in [-0.2, -0.15) is 0 Å². The van der Waals surface area contributed by atoms with Gasteiger partial charge in [0.05, 0.1) is 10.6 Å². The molecule has 1 aromatic carbocycles. The number of benzene rings is 1. The minimum atomic E-state index is -0.355. The molecule has 1 aromatic heterocycles. The number of nitrogens with two attached hydrogens (primary N) is 1. The van der Waals surface area contributed by atoms with E-state index in [-0.39, 0.29) is 11.6 Å². The zero-order valence-corrected chi connectivity index (χ0v) is 9.48. The first kappa shape index (κ1) is 10.8. The number of hydrogen-bond donors (Lipinski definition) is 1. The zero-order valence-electron chi connectivity index (χ0n) is 8.66. The Hall–Kier alpha value is -1.68. The molecular formula is C12H10FNOS. The fraction of sp³-hybridized carbons (Fsp3) is 0.0833. The molecule has 16 heavy (non-hydrogen) atoms. The smallest absolute Gasteiger partial charge is 0.196 e. The van der Waals surface area contributed by atoms with Crippen LogP contribution in [0.4, 0.5) is 9.39 Å². The van der Waals surface area contributed by atoms with Crippen molar-refractivity contribution in [2.45, 2.75) is 6.92 Å². The summed E-state index contributed by atoms with van der Waals surface area (Å²) < 4.78 is 12.7. The second-order valence-electron chi connectivity index (χ2n) is 3.49. The minimum absolute atomic E-state index is 0.156. The maximum absolute atomic E-state index is 12.7. The molecule has 0 aliphatic carbocycles. The van der Waals surface area contributed by atoms with Crippen molar-refractivity contribution in [3.05, 3.63) is 52.2 Å². The molecule has 82 valence electrons. The Balaban J connectivity index is 2.43. The lowest BCUT2D eigenvalue weighted by atomic mass is 10.0.